The lowest BCUT2D eigenvalue weighted by molar-refractivity contribution is -0.118. The summed E-state index contributed by atoms with van der Waals surface area (Å²) in [7, 11) is 0. The molecule has 0 aliphatic carbocycles. The largest absolute Gasteiger partial charge is 0.484 e. The Morgan fingerprint density at radius 3 is 2.69 bits per heavy atom. The molecule has 1 aromatic heterocycles. The highest BCUT2D eigenvalue weighted by Gasteiger charge is 2.15. The average molecular weight is 432 g/mol. The Balaban J connectivity index is 1.19. The maximum atomic E-state index is 12.4. The van der Waals surface area contributed by atoms with Crippen LogP contribution in [-0.2, 0) is 4.79 Å². The van der Waals surface area contributed by atoms with Gasteiger partial charge in [0.15, 0.2) is 23.9 Å². The number of anilines is 2. The number of nitrogens with zero attached hydrogens (tertiary/aromatic N) is 3. The van der Waals surface area contributed by atoms with Gasteiger partial charge in [-0.15, -0.1) is 10.2 Å². The number of aromatic nitrogens is 2. The minimum absolute atomic E-state index is 0.117. The number of nitrogens with one attached hydrogen (secondary N) is 1. The second kappa shape index (κ2) is 9.13. The van der Waals surface area contributed by atoms with Crippen molar-refractivity contribution in [1.82, 2.24) is 10.2 Å². The Bertz CT molecular complexity index is 1100. The predicted molar refractivity (Wildman–Crippen MR) is 120 cm³/mol. The molecule has 164 valence electrons. The number of carbonyl (C=O) groups is 1. The van der Waals surface area contributed by atoms with Crippen LogP contribution in [-0.4, -0.2) is 42.6 Å². The summed E-state index contributed by atoms with van der Waals surface area (Å²) < 4.78 is 16.2. The van der Waals surface area contributed by atoms with Crippen molar-refractivity contribution in [3.63, 3.8) is 0 Å². The van der Waals surface area contributed by atoms with Gasteiger partial charge in [-0.05, 0) is 55.7 Å². The second-order valence-electron chi connectivity index (χ2n) is 7.76. The maximum absolute atomic E-state index is 12.4. The van der Waals surface area contributed by atoms with Gasteiger partial charge in [0.1, 0.15) is 5.75 Å². The number of benzene rings is 2. The summed E-state index contributed by atoms with van der Waals surface area (Å²) >= 11 is 0. The molecule has 2 aromatic carbocycles. The van der Waals surface area contributed by atoms with E-state index in [1.807, 2.05) is 36.4 Å². The fourth-order valence-electron chi connectivity index (χ4n) is 3.84. The first-order valence-corrected chi connectivity index (χ1v) is 10.8. The minimum Gasteiger partial charge on any atom is -0.484 e. The quantitative estimate of drug-likeness (QED) is 0.633. The molecule has 3 heterocycles. The lowest BCUT2D eigenvalue weighted by Gasteiger charge is -2.27. The molecule has 0 atom stereocenters. The van der Waals surface area contributed by atoms with Crippen LogP contribution in [0, 0.1) is 0 Å². The molecule has 1 fully saturated rings. The zero-order valence-electron chi connectivity index (χ0n) is 17.6. The third-order valence-electron chi connectivity index (χ3n) is 5.49. The third-order valence-corrected chi connectivity index (χ3v) is 5.49. The Labute approximate surface area is 186 Å². The summed E-state index contributed by atoms with van der Waals surface area (Å²) in [6.45, 7) is 2.14. The molecular formula is C24H24N4O4. The zero-order chi connectivity index (χ0) is 21.8. The van der Waals surface area contributed by atoms with E-state index >= 15 is 0 Å². The van der Waals surface area contributed by atoms with Gasteiger partial charge in [0.2, 0.25) is 6.79 Å². The van der Waals surface area contributed by atoms with Crippen LogP contribution in [0.1, 0.15) is 19.3 Å². The highest BCUT2D eigenvalue weighted by Crippen LogP contribution is 2.35. The Hall–Kier alpha value is -3.81. The van der Waals surface area contributed by atoms with Crippen molar-refractivity contribution >= 4 is 17.4 Å². The van der Waals surface area contributed by atoms with Gasteiger partial charge in [-0.2, -0.15) is 0 Å². The molecule has 2 aliphatic heterocycles. The van der Waals surface area contributed by atoms with Crippen LogP contribution in [0.4, 0.5) is 11.5 Å². The summed E-state index contributed by atoms with van der Waals surface area (Å²) in [5, 5.41) is 11.7. The SMILES string of the molecule is O=C(COc1ccc2c(c1)OCO2)Nc1cccc(-c2ccc(N3CCCCC3)nn2)c1. The van der Waals surface area contributed by atoms with Crippen LogP contribution in [0.2, 0.25) is 0 Å². The molecule has 2 aliphatic rings. The van der Waals surface area contributed by atoms with E-state index in [2.05, 4.69) is 20.4 Å². The van der Waals surface area contributed by atoms with Gasteiger partial charge in [-0.25, -0.2) is 0 Å². The number of amides is 1. The van der Waals surface area contributed by atoms with Crippen molar-refractivity contribution < 1.29 is 19.0 Å². The van der Waals surface area contributed by atoms with E-state index in [1.54, 1.807) is 18.2 Å². The Morgan fingerprint density at radius 2 is 1.84 bits per heavy atom. The number of carbonyl (C=O) groups excluding carboxylic acids is 1. The van der Waals surface area contributed by atoms with Crippen LogP contribution in [0.5, 0.6) is 17.2 Å². The van der Waals surface area contributed by atoms with Crippen molar-refractivity contribution in [1.29, 1.82) is 0 Å². The maximum Gasteiger partial charge on any atom is 0.262 e. The molecule has 8 heteroatoms. The smallest absolute Gasteiger partial charge is 0.262 e. The monoisotopic (exact) mass is 432 g/mol. The molecule has 1 N–H and O–H groups in total. The molecule has 0 radical (unpaired) electrons. The van der Waals surface area contributed by atoms with E-state index < -0.39 is 0 Å². The average Bonchev–Trinajstić information content (AvgIpc) is 3.32. The molecule has 1 amide bonds. The summed E-state index contributed by atoms with van der Waals surface area (Å²) in [4.78, 5) is 14.6. The topological polar surface area (TPSA) is 85.8 Å². The molecule has 0 unspecified atom stereocenters. The summed E-state index contributed by atoms with van der Waals surface area (Å²) in [5.74, 6) is 2.49. The molecule has 32 heavy (non-hydrogen) atoms. The lowest BCUT2D eigenvalue weighted by Crippen LogP contribution is -2.30. The molecule has 0 saturated carbocycles. The number of hydrogen-bond donors (Lipinski definition) is 1. The van der Waals surface area contributed by atoms with E-state index in [4.69, 9.17) is 14.2 Å². The van der Waals surface area contributed by atoms with Crippen LogP contribution < -0.4 is 24.4 Å². The minimum atomic E-state index is -0.258. The van der Waals surface area contributed by atoms with Crippen LogP contribution >= 0.6 is 0 Å². The van der Waals surface area contributed by atoms with E-state index in [0.29, 0.717) is 22.9 Å². The van der Waals surface area contributed by atoms with E-state index in [9.17, 15) is 4.79 Å². The van der Waals surface area contributed by atoms with Crippen molar-refractivity contribution in [3.8, 4) is 28.5 Å². The van der Waals surface area contributed by atoms with Crippen LogP contribution in [0.25, 0.3) is 11.3 Å². The summed E-state index contributed by atoms with van der Waals surface area (Å²) in [6.07, 6.45) is 3.68. The Kier molecular flexibility index (Phi) is 5.74. The van der Waals surface area contributed by atoms with Gasteiger partial charge < -0.3 is 24.4 Å². The first-order valence-electron chi connectivity index (χ1n) is 10.8. The zero-order valence-corrected chi connectivity index (χ0v) is 17.6. The first-order chi connectivity index (χ1) is 15.7. The number of piperidine rings is 1. The van der Waals surface area contributed by atoms with E-state index in [-0.39, 0.29) is 19.3 Å². The van der Waals surface area contributed by atoms with Gasteiger partial charge in [0.05, 0.1) is 5.69 Å². The predicted octanol–water partition coefficient (Wildman–Crippen LogP) is 3.88. The Morgan fingerprint density at radius 1 is 0.969 bits per heavy atom. The molecule has 0 spiro atoms. The van der Waals surface area contributed by atoms with Crippen LogP contribution in [0.15, 0.2) is 54.6 Å². The van der Waals surface area contributed by atoms with E-state index in [0.717, 1.165) is 30.2 Å². The fraction of sp³-hybridized carbons (Fsp3) is 0.292. The van der Waals surface area contributed by atoms with Crippen molar-refractivity contribution in [2.45, 2.75) is 19.3 Å². The highest BCUT2D eigenvalue weighted by atomic mass is 16.7. The third kappa shape index (κ3) is 4.59. The number of ether oxygens (including phenoxy) is 3. The molecule has 8 nitrogen and oxygen atoms in total. The van der Waals surface area contributed by atoms with Crippen LogP contribution in [0.3, 0.4) is 0 Å². The van der Waals surface area contributed by atoms with Crippen molar-refractivity contribution in [3.05, 3.63) is 54.6 Å². The summed E-state index contributed by atoms with van der Waals surface area (Å²) in [6, 6.07) is 16.7. The standard InChI is InChI=1S/C24H24N4O4/c29-24(15-30-19-7-9-21-22(14-19)32-16-31-21)25-18-6-4-5-17(13-18)20-8-10-23(27-26-20)28-11-2-1-3-12-28/h4-10,13-14H,1-3,11-12,15-16H2,(H,25,29). The van der Waals surface area contributed by atoms with Gasteiger partial charge >= 0.3 is 0 Å². The van der Waals surface area contributed by atoms with E-state index in [1.165, 1.54) is 19.3 Å². The normalized spacial score (nSPS) is 14.8. The summed E-state index contributed by atoms with van der Waals surface area (Å²) in [5.41, 5.74) is 2.32. The fourth-order valence-corrected chi connectivity index (χ4v) is 3.84. The number of fused-ring (bicyclic) bond motifs is 1. The van der Waals surface area contributed by atoms with Gasteiger partial charge in [0, 0.05) is 30.4 Å². The highest BCUT2D eigenvalue weighted by molar-refractivity contribution is 5.92. The van der Waals surface area contributed by atoms with Gasteiger partial charge in [0.25, 0.3) is 5.91 Å². The molecule has 5 rings (SSSR count). The number of rotatable bonds is 6. The molecule has 3 aromatic rings. The number of hydrogen-bond acceptors (Lipinski definition) is 7. The van der Waals surface area contributed by atoms with Gasteiger partial charge in [-0.3, -0.25) is 4.79 Å². The molecular weight excluding hydrogens is 408 g/mol. The molecule has 0 bridgehead atoms. The second-order valence-corrected chi connectivity index (χ2v) is 7.76. The lowest BCUT2D eigenvalue weighted by atomic mass is 10.1. The van der Waals surface area contributed by atoms with Crippen molar-refractivity contribution in [2.24, 2.45) is 0 Å². The van der Waals surface area contributed by atoms with Gasteiger partial charge in [-0.1, -0.05) is 12.1 Å². The van der Waals surface area contributed by atoms with Crippen molar-refractivity contribution in [2.75, 3.05) is 36.7 Å². The molecule has 1 saturated heterocycles. The first kappa shape index (κ1) is 20.1.